The maximum Gasteiger partial charge on any atom is 0.323 e. The van der Waals surface area contributed by atoms with Crippen LogP contribution in [0.3, 0.4) is 0 Å². The molecule has 1 N–H and O–H groups in total. The molecule has 0 rings (SSSR count). The Bertz CT molecular complexity index is 182. The molecule has 0 saturated carbocycles. The number of halogens is 1. The molecule has 0 aliphatic carbocycles. The number of nitrogens with one attached hydrogen (secondary N) is 1. The second-order valence-electron chi connectivity index (χ2n) is 2.61. The zero-order valence-corrected chi connectivity index (χ0v) is 8.86. The summed E-state index contributed by atoms with van der Waals surface area (Å²) in [6.45, 7) is 8.04. The molecule has 0 aromatic carbocycles. The van der Waals surface area contributed by atoms with E-state index in [0.29, 0.717) is 24.6 Å². The number of rotatable bonds is 6. The molecular weight excluding hydrogens is 190 g/mol. The van der Waals surface area contributed by atoms with Crippen molar-refractivity contribution in [3.05, 3.63) is 11.6 Å². The minimum Gasteiger partial charge on any atom is -0.465 e. The Morgan fingerprint density at radius 2 is 2.23 bits per heavy atom. The van der Waals surface area contributed by atoms with Crippen LogP contribution in [-0.4, -0.2) is 25.2 Å². The van der Waals surface area contributed by atoms with Crippen LogP contribution in [0, 0.1) is 0 Å². The van der Waals surface area contributed by atoms with Gasteiger partial charge in [0.2, 0.25) is 0 Å². The normalized spacial score (nSPS) is 12.2. The molecule has 3 nitrogen and oxygen atoms in total. The second-order valence-corrected chi connectivity index (χ2v) is 3.15. The quantitative estimate of drug-likeness (QED) is 0.671. The number of carbonyl (C=O) groups excluding carboxylic acids is 1. The molecule has 0 radical (unpaired) electrons. The summed E-state index contributed by atoms with van der Waals surface area (Å²) in [5.74, 6) is -0.233. The van der Waals surface area contributed by atoms with Crippen molar-refractivity contribution in [2.75, 3.05) is 13.2 Å². The minimum atomic E-state index is -0.282. The Hall–Kier alpha value is -0.540. The first-order valence-electron chi connectivity index (χ1n) is 4.35. The van der Waals surface area contributed by atoms with Crippen molar-refractivity contribution >= 4 is 17.6 Å². The van der Waals surface area contributed by atoms with Crippen LogP contribution in [0.5, 0.6) is 0 Å². The third-order valence-electron chi connectivity index (χ3n) is 1.52. The highest BCUT2D eigenvalue weighted by atomic mass is 35.5. The van der Waals surface area contributed by atoms with Gasteiger partial charge in [0.15, 0.2) is 0 Å². The predicted octanol–water partition coefficient (Wildman–Crippen LogP) is 1.67. The zero-order valence-electron chi connectivity index (χ0n) is 8.10. The van der Waals surface area contributed by atoms with Crippen LogP contribution in [0.2, 0.25) is 0 Å². The molecule has 0 heterocycles. The lowest BCUT2D eigenvalue weighted by Crippen LogP contribution is -2.38. The Labute approximate surface area is 84.1 Å². The molecule has 13 heavy (non-hydrogen) atoms. The Morgan fingerprint density at radius 1 is 1.62 bits per heavy atom. The number of ether oxygens (including phenoxy) is 1. The molecule has 0 aliphatic heterocycles. The van der Waals surface area contributed by atoms with Crippen molar-refractivity contribution in [2.24, 2.45) is 0 Å². The van der Waals surface area contributed by atoms with Crippen LogP contribution in [0.4, 0.5) is 0 Å². The fourth-order valence-electron chi connectivity index (χ4n) is 0.871. The highest BCUT2D eigenvalue weighted by Crippen LogP contribution is 1.98. The van der Waals surface area contributed by atoms with Crippen molar-refractivity contribution < 1.29 is 9.53 Å². The standard InChI is InChI=1S/C9H16ClNO2/c1-4-8(9(12)13-5-2)11-6-7(3)10/h8,11H,3-6H2,1-2H3. The Kier molecular flexibility index (Phi) is 6.63. The molecule has 0 amide bonds. The van der Waals surface area contributed by atoms with Crippen LogP contribution in [0.25, 0.3) is 0 Å². The summed E-state index contributed by atoms with van der Waals surface area (Å²) in [5, 5.41) is 3.44. The molecular formula is C9H16ClNO2. The molecule has 0 bridgehead atoms. The van der Waals surface area contributed by atoms with E-state index in [9.17, 15) is 4.79 Å². The van der Waals surface area contributed by atoms with Gasteiger partial charge in [0.05, 0.1) is 6.61 Å². The Morgan fingerprint density at radius 3 is 2.62 bits per heavy atom. The predicted molar refractivity (Wildman–Crippen MR) is 53.7 cm³/mol. The largest absolute Gasteiger partial charge is 0.465 e. The van der Waals surface area contributed by atoms with Gasteiger partial charge in [0.25, 0.3) is 0 Å². The first kappa shape index (κ1) is 12.5. The molecule has 0 fully saturated rings. The smallest absolute Gasteiger partial charge is 0.323 e. The first-order chi connectivity index (χ1) is 6.11. The minimum absolute atomic E-state index is 0.233. The number of hydrogen-bond acceptors (Lipinski definition) is 3. The van der Waals surface area contributed by atoms with Crippen LogP contribution >= 0.6 is 11.6 Å². The van der Waals surface area contributed by atoms with Gasteiger partial charge in [-0.05, 0) is 13.3 Å². The molecule has 0 aromatic rings. The second kappa shape index (κ2) is 6.92. The van der Waals surface area contributed by atoms with Crippen LogP contribution < -0.4 is 5.32 Å². The van der Waals surface area contributed by atoms with Gasteiger partial charge < -0.3 is 4.74 Å². The van der Waals surface area contributed by atoms with Crippen molar-refractivity contribution in [1.29, 1.82) is 0 Å². The van der Waals surface area contributed by atoms with E-state index in [1.807, 2.05) is 6.92 Å². The maximum atomic E-state index is 11.2. The third kappa shape index (κ3) is 5.66. The fraction of sp³-hybridized carbons (Fsp3) is 0.667. The van der Waals surface area contributed by atoms with Gasteiger partial charge >= 0.3 is 5.97 Å². The van der Waals surface area contributed by atoms with E-state index in [4.69, 9.17) is 16.3 Å². The molecule has 1 unspecified atom stereocenters. The highest BCUT2D eigenvalue weighted by molar-refractivity contribution is 6.29. The van der Waals surface area contributed by atoms with E-state index in [2.05, 4.69) is 11.9 Å². The average Bonchev–Trinajstić information content (AvgIpc) is 2.05. The van der Waals surface area contributed by atoms with Gasteiger partial charge in [-0.2, -0.15) is 0 Å². The molecule has 0 saturated heterocycles. The van der Waals surface area contributed by atoms with Gasteiger partial charge in [-0.15, -0.1) is 0 Å². The third-order valence-corrected chi connectivity index (χ3v) is 1.65. The van der Waals surface area contributed by atoms with Crippen molar-refractivity contribution in [3.63, 3.8) is 0 Å². The molecule has 4 heteroatoms. The van der Waals surface area contributed by atoms with Gasteiger partial charge in [0, 0.05) is 11.6 Å². The number of carbonyl (C=O) groups is 1. The van der Waals surface area contributed by atoms with Crippen molar-refractivity contribution in [2.45, 2.75) is 26.3 Å². The molecule has 0 aliphatic rings. The van der Waals surface area contributed by atoms with E-state index < -0.39 is 0 Å². The lowest BCUT2D eigenvalue weighted by atomic mass is 10.2. The lowest BCUT2D eigenvalue weighted by Gasteiger charge is -2.14. The van der Waals surface area contributed by atoms with Crippen molar-refractivity contribution in [1.82, 2.24) is 5.32 Å². The van der Waals surface area contributed by atoms with Gasteiger partial charge in [-0.1, -0.05) is 25.1 Å². The van der Waals surface area contributed by atoms with E-state index in [1.165, 1.54) is 0 Å². The monoisotopic (exact) mass is 205 g/mol. The number of hydrogen-bond donors (Lipinski definition) is 1. The molecule has 76 valence electrons. The van der Waals surface area contributed by atoms with Crippen LogP contribution in [0.1, 0.15) is 20.3 Å². The summed E-state index contributed by atoms with van der Waals surface area (Å²) in [6.07, 6.45) is 0.684. The summed E-state index contributed by atoms with van der Waals surface area (Å²) in [4.78, 5) is 11.2. The van der Waals surface area contributed by atoms with E-state index in [-0.39, 0.29) is 12.0 Å². The van der Waals surface area contributed by atoms with E-state index in [0.717, 1.165) is 0 Å². The van der Waals surface area contributed by atoms with E-state index >= 15 is 0 Å². The first-order valence-corrected chi connectivity index (χ1v) is 4.72. The topological polar surface area (TPSA) is 38.3 Å². The summed E-state index contributed by atoms with van der Waals surface area (Å²) in [6, 6.07) is -0.282. The summed E-state index contributed by atoms with van der Waals surface area (Å²) in [7, 11) is 0. The van der Waals surface area contributed by atoms with Crippen molar-refractivity contribution in [3.8, 4) is 0 Å². The Balaban J connectivity index is 3.87. The summed E-state index contributed by atoms with van der Waals surface area (Å²) >= 11 is 5.55. The van der Waals surface area contributed by atoms with Gasteiger partial charge in [-0.25, -0.2) is 0 Å². The lowest BCUT2D eigenvalue weighted by molar-refractivity contribution is -0.145. The molecule has 0 aromatic heterocycles. The fourth-order valence-corrected chi connectivity index (χ4v) is 0.948. The van der Waals surface area contributed by atoms with E-state index in [1.54, 1.807) is 6.92 Å². The summed E-state index contributed by atoms with van der Waals surface area (Å²) in [5.41, 5.74) is 0. The molecule has 0 spiro atoms. The molecule has 1 atom stereocenters. The highest BCUT2D eigenvalue weighted by Gasteiger charge is 2.16. The summed E-state index contributed by atoms with van der Waals surface area (Å²) < 4.78 is 4.85. The SMILES string of the molecule is C=C(Cl)CNC(CC)C(=O)OCC. The van der Waals surface area contributed by atoms with Gasteiger partial charge in [-0.3, -0.25) is 10.1 Å². The van der Waals surface area contributed by atoms with Gasteiger partial charge in [0.1, 0.15) is 6.04 Å². The average molecular weight is 206 g/mol. The zero-order chi connectivity index (χ0) is 10.3. The maximum absolute atomic E-state index is 11.2. The van der Waals surface area contributed by atoms with Crippen LogP contribution in [0.15, 0.2) is 11.6 Å². The van der Waals surface area contributed by atoms with Crippen LogP contribution in [-0.2, 0) is 9.53 Å². The number of esters is 1.